The number of nitrogens with zero attached hydrogens (tertiary/aromatic N) is 2. The Morgan fingerprint density at radius 3 is 2.56 bits per heavy atom. The van der Waals surface area contributed by atoms with Gasteiger partial charge in [-0.1, -0.05) is 0 Å². The van der Waals surface area contributed by atoms with E-state index in [1.54, 1.807) is 0 Å². The number of rotatable bonds is 5. The van der Waals surface area contributed by atoms with Gasteiger partial charge in [-0.2, -0.15) is 5.10 Å². The summed E-state index contributed by atoms with van der Waals surface area (Å²) in [5, 5.41) is 7.92. The summed E-state index contributed by atoms with van der Waals surface area (Å²) in [7, 11) is 4.12. The molecular formula is C13H23N3. The summed E-state index contributed by atoms with van der Waals surface area (Å²) in [6.45, 7) is 4.29. The van der Waals surface area contributed by atoms with E-state index in [4.69, 9.17) is 0 Å². The average molecular weight is 221 g/mol. The van der Waals surface area contributed by atoms with Gasteiger partial charge in [-0.25, -0.2) is 0 Å². The van der Waals surface area contributed by atoms with Crippen LogP contribution in [0.5, 0.6) is 0 Å². The normalized spacial score (nSPS) is 17.8. The summed E-state index contributed by atoms with van der Waals surface area (Å²) in [6.07, 6.45) is 5.23. The van der Waals surface area contributed by atoms with Crippen molar-refractivity contribution in [3.63, 3.8) is 0 Å². The number of aryl methyl sites for hydroxylation is 2. The molecule has 0 amide bonds. The first-order valence-electron chi connectivity index (χ1n) is 6.29. The van der Waals surface area contributed by atoms with Gasteiger partial charge in [0.2, 0.25) is 0 Å². The molecule has 3 heteroatoms. The third-order valence-electron chi connectivity index (χ3n) is 3.93. The maximum atomic E-state index is 4.47. The molecule has 1 unspecified atom stereocenters. The highest BCUT2D eigenvalue weighted by Gasteiger charge is 2.29. The van der Waals surface area contributed by atoms with E-state index in [-0.39, 0.29) is 0 Å². The molecule has 0 aliphatic heterocycles. The van der Waals surface area contributed by atoms with Crippen LogP contribution in [0.2, 0.25) is 0 Å². The molecule has 16 heavy (non-hydrogen) atoms. The molecule has 1 aromatic rings. The standard InChI is InChI=1S/C13H23N3/c1-9-12(10(2)16(4)15-9)7-8-13(14-3)11-5-6-11/h11,13-14H,5-8H2,1-4H3. The van der Waals surface area contributed by atoms with E-state index in [9.17, 15) is 0 Å². The van der Waals surface area contributed by atoms with Crippen molar-refractivity contribution >= 4 is 0 Å². The Morgan fingerprint density at radius 1 is 1.44 bits per heavy atom. The Hall–Kier alpha value is -0.830. The smallest absolute Gasteiger partial charge is 0.0628 e. The van der Waals surface area contributed by atoms with E-state index in [0.717, 1.165) is 12.3 Å². The SMILES string of the molecule is CNC(CCc1c(C)nn(C)c1C)C1CC1. The molecule has 2 rings (SSSR count). The molecule has 1 aromatic heterocycles. The van der Waals surface area contributed by atoms with Crippen LogP contribution in [0, 0.1) is 19.8 Å². The van der Waals surface area contributed by atoms with Gasteiger partial charge in [-0.15, -0.1) is 0 Å². The largest absolute Gasteiger partial charge is 0.317 e. The molecular weight excluding hydrogens is 198 g/mol. The highest BCUT2D eigenvalue weighted by Crippen LogP contribution is 2.34. The van der Waals surface area contributed by atoms with Gasteiger partial charge in [0, 0.05) is 18.8 Å². The summed E-state index contributed by atoms with van der Waals surface area (Å²) in [6, 6.07) is 0.707. The molecule has 0 radical (unpaired) electrons. The summed E-state index contributed by atoms with van der Waals surface area (Å²) in [5.41, 5.74) is 3.97. The van der Waals surface area contributed by atoms with Crippen LogP contribution in [0.4, 0.5) is 0 Å². The van der Waals surface area contributed by atoms with E-state index in [1.165, 1.54) is 36.2 Å². The van der Waals surface area contributed by atoms with Crippen LogP contribution >= 0.6 is 0 Å². The van der Waals surface area contributed by atoms with Crippen LogP contribution in [0.3, 0.4) is 0 Å². The van der Waals surface area contributed by atoms with Crippen LogP contribution < -0.4 is 5.32 Å². The third kappa shape index (κ3) is 2.29. The van der Waals surface area contributed by atoms with Crippen molar-refractivity contribution in [3.05, 3.63) is 17.0 Å². The first kappa shape index (κ1) is 11.6. The minimum Gasteiger partial charge on any atom is -0.317 e. The first-order valence-corrected chi connectivity index (χ1v) is 6.29. The maximum Gasteiger partial charge on any atom is 0.0628 e. The Kier molecular flexibility index (Phi) is 3.33. The lowest BCUT2D eigenvalue weighted by Crippen LogP contribution is -2.27. The van der Waals surface area contributed by atoms with Gasteiger partial charge in [0.1, 0.15) is 0 Å². The fourth-order valence-corrected chi connectivity index (χ4v) is 2.59. The van der Waals surface area contributed by atoms with Gasteiger partial charge < -0.3 is 5.32 Å². The van der Waals surface area contributed by atoms with Crippen molar-refractivity contribution in [2.45, 2.75) is 45.6 Å². The van der Waals surface area contributed by atoms with Crippen LogP contribution in [0.25, 0.3) is 0 Å². The predicted octanol–water partition coefficient (Wildman–Crippen LogP) is 1.97. The molecule has 0 aromatic carbocycles. The molecule has 0 bridgehead atoms. The molecule has 1 aliphatic rings. The van der Waals surface area contributed by atoms with Gasteiger partial charge >= 0.3 is 0 Å². The zero-order chi connectivity index (χ0) is 11.7. The van der Waals surface area contributed by atoms with Gasteiger partial charge in [0.25, 0.3) is 0 Å². The zero-order valence-corrected chi connectivity index (χ0v) is 10.9. The Labute approximate surface area is 98.2 Å². The second kappa shape index (κ2) is 4.58. The average Bonchev–Trinajstić information content (AvgIpc) is 3.03. The van der Waals surface area contributed by atoms with E-state index < -0.39 is 0 Å². The van der Waals surface area contributed by atoms with Crippen molar-refractivity contribution in [1.82, 2.24) is 15.1 Å². The second-order valence-electron chi connectivity index (χ2n) is 5.04. The van der Waals surface area contributed by atoms with Crippen molar-refractivity contribution in [2.75, 3.05) is 7.05 Å². The Balaban J connectivity index is 1.97. The molecule has 3 nitrogen and oxygen atoms in total. The Morgan fingerprint density at radius 2 is 2.12 bits per heavy atom. The van der Waals surface area contributed by atoms with Crippen LogP contribution in [0.1, 0.15) is 36.2 Å². The molecule has 0 saturated heterocycles. The second-order valence-corrected chi connectivity index (χ2v) is 5.04. The summed E-state index contributed by atoms with van der Waals surface area (Å²) in [5.74, 6) is 0.933. The van der Waals surface area contributed by atoms with Gasteiger partial charge in [0.15, 0.2) is 0 Å². The summed E-state index contributed by atoms with van der Waals surface area (Å²) >= 11 is 0. The monoisotopic (exact) mass is 221 g/mol. The topological polar surface area (TPSA) is 29.9 Å². The highest BCUT2D eigenvalue weighted by atomic mass is 15.3. The predicted molar refractivity (Wildman–Crippen MR) is 66.6 cm³/mol. The minimum atomic E-state index is 0.707. The zero-order valence-electron chi connectivity index (χ0n) is 10.9. The van der Waals surface area contributed by atoms with Gasteiger partial charge in [0.05, 0.1) is 5.69 Å². The third-order valence-corrected chi connectivity index (χ3v) is 3.93. The van der Waals surface area contributed by atoms with Crippen molar-refractivity contribution in [2.24, 2.45) is 13.0 Å². The van der Waals surface area contributed by atoms with Gasteiger partial charge in [-0.3, -0.25) is 4.68 Å². The molecule has 90 valence electrons. The summed E-state index contributed by atoms with van der Waals surface area (Å²) < 4.78 is 2.00. The molecule has 1 aliphatic carbocycles. The molecule has 1 heterocycles. The number of aromatic nitrogens is 2. The lowest BCUT2D eigenvalue weighted by atomic mass is 10.0. The molecule has 1 saturated carbocycles. The quantitative estimate of drug-likeness (QED) is 0.824. The first-order chi connectivity index (χ1) is 7.63. The van der Waals surface area contributed by atoms with Crippen molar-refractivity contribution < 1.29 is 0 Å². The highest BCUT2D eigenvalue weighted by molar-refractivity contribution is 5.24. The van der Waals surface area contributed by atoms with Crippen molar-refractivity contribution in [1.29, 1.82) is 0 Å². The van der Waals surface area contributed by atoms with Crippen LogP contribution in [0.15, 0.2) is 0 Å². The van der Waals surface area contributed by atoms with Crippen LogP contribution in [-0.2, 0) is 13.5 Å². The summed E-state index contributed by atoms with van der Waals surface area (Å²) in [4.78, 5) is 0. The van der Waals surface area contributed by atoms with Gasteiger partial charge in [-0.05, 0) is 58.1 Å². The maximum absolute atomic E-state index is 4.47. The molecule has 0 spiro atoms. The number of nitrogens with one attached hydrogen (secondary N) is 1. The Bertz CT molecular complexity index is 363. The number of hydrogen-bond acceptors (Lipinski definition) is 2. The van der Waals surface area contributed by atoms with E-state index in [1.807, 2.05) is 11.7 Å². The van der Waals surface area contributed by atoms with Crippen molar-refractivity contribution in [3.8, 4) is 0 Å². The molecule has 1 fully saturated rings. The minimum absolute atomic E-state index is 0.707. The fourth-order valence-electron chi connectivity index (χ4n) is 2.59. The van der Waals surface area contributed by atoms with E-state index in [2.05, 4.69) is 31.3 Å². The van der Waals surface area contributed by atoms with E-state index in [0.29, 0.717) is 6.04 Å². The lowest BCUT2D eigenvalue weighted by molar-refractivity contribution is 0.469. The fraction of sp³-hybridized carbons (Fsp3) is 0.769. The lowest BCUT2D eigenvalue weighted by Gasteiger charge is -2.15. The molecule has 1 N–H and O–H groups in total. The molecule has 1 atom stereocenters. The van der Waals surface area contributed by atoms with E-state index >= 15 is 0 Å². The van der Waals surface area contributed by atoms with Crippen LogP contribution in [-0.4, -0.2) is 22.9 Å². The number of hydrogen-bond donors (Lipinski definition) is 1.